The van der Waals surface area contributed by atoms with Gasteiger partial charge in [0.1, 0.15) is 36.8 Å². The lowest BCUT2D eigenvalue weighted by atomic mass is 10.0. The second-order valence-corrected chi connectivity index (χ2v) is 11.6. The van der Waals surface area contributed by atoms with Crippen molar-refractivity contribution in [2.45, 2.75) is 45.4 Å². The Morgan fingerprint density at radius 2 is 1.70 bits per heavy atom. The molecule has 226 valence electrons. The highest BCUT2D eigenvalue weighted by Crippen LogP contribution is 2.22. The Bertz CT molecular complexity index is 1640. The van der Waals surface area contributed by atoms with E-state index in [1.54, 1.807) is 37.5 Å². The van der Waals surface area contributed by atoms with Crippen molar-refractivity contribution >= 4 is 39.3 Å². The zero-order valence-corrected chi connectivity index (χ0v) is 25.6. The first-order valence-electron chi connectivity index (χ1n) is 13.7. The summed E-state index contributed by atoms with van der Waals surface area (Å²) in [6, 6.07) is 21.8. The van der Waals surface area contributed by atoms with Gasteiger partial charge in [-0.3, -0.25) is 9.36 Å². The topological polar surface area (TPSA) is 117 Å². The van der Waals surface area contributed by atoms with E-state index in [-0.39, 0.29) is 17.9 Å². The molecule has 0 saturated heterocycles. The zero-order valence-electron chi connectivity index (χ0n) is 24.8. The molecule has 11 heteroatoms. The normalized spacial score (nSPS) is 12.4. The highest BCUT2D eigenvalue weighted by Gasteiger charge is 2.25. The molecule has 1 N–H and O–H groups in total. The fourth-order valence-corrected chi connectivity index (χ4v) is 5.34. The Balaban J connectivity index is 1.39. The molecule has 4 rings (SSSR count). The molecule has 4 aromatic rings. The molecule has 0 radical (unpaired) electrons. The predicted molar refractivity (Wildman–Crippen MR) is 166 cm³/mol. The van der Waals surface area contributed by atoms with Crippen molar-refractivity contribution in [1.82, 2.24) is 9.88 Å². The van der Waals surface area contributed by atoms with E-state index in [0.717, 1.165) is 26.9 Å². The molecule has 0 aliphatic carbocycles. The van der Waals surface area contributed by atoms with Crippen molar-refractivity contribution in [3.63, 3.8) is 0 Å². The van der Waals surface area contributed by atoms with Crippen LogP contribution in [-0.2, 0) is 32.1 Å². The number of nitrogens with one attached hydrogen (secondary N) is 1. The lowest BCUT2D eigenvalue weighted by Crippen LogP contribution is -2.45. The summed E-state index contributed by atoms with van der Waals surface area (Å²) in [6.07, 6.45) is -0.485. The fraction of sp³-hybridized carbons (Fsp3) is 0.312. The zero-order chi connectivity index (χ0) is 31.0. The van der Waals surface area contributed by atoms with E-state index in [2.05, 4.69) is 10.5 Å². The van der Waals surface area contributed by atoms with Gasteiger partial charge < -0.3 is 24.4 Å². The molecule has 0 bridgehead atoms. The molecule has 1 unspecified atom stereocenters. The van der Waals surface area contributed by atoms with Crippen LogP contribution in [0.1, 0.15) is 37.5 Å². The monoisotopic (exact) mass is 605 g/mol. The third-order valence-corrected chi connectivity index (χ3v) is 7.24. The van der Waals surface area contributed by atoms with Gasteiger partial charge in [-0.15, -0.1) is 0 Å². The van der Waals surface area contributed by atoms with Crippen LogP contribution in [0, 0.1) is 0 Å². The number of nitrogens with zero attached hydrogens (tertiary/aromatic N) is 2. The van der Waals surface area contributed by atoms with Gasteiger partial charge in [0, 0.05) is 17.5 Å². The SMILES string of the molecule is CON=C(c1ccccc1)c1ccc2c(c1)sc(=O)n2CCOc1ccc(CC(NC(=O)OC(C)(C)C)C(=O)OC)cc1. The van der Waals surface area contributed by atoms with E-state index in [1.165, 1.54) is 25.6 Å². The number of benzene rings is 3. The minimum Gasteiger partial charge on any atom is -0.492 e. The summed E-state index contributed by atoms with van der Waals surface area (Å²) in [7, 11) is 2.77. The Morgan fingerprint density at radius 3 is 2.35 bits per heavy atom. The summed E-state index contributed by atoms with van der Waals surface area (Å²) >= 11 is 1.17. The second kappa shape index (κ2) is 14.0. The third kappa shape index (κ3) is 8.45. The van der Waals surface area contributed by atoms with Crippen molar-refractivity contribution < 1.29 is 28.6 Å². The van der Waals surface area contributed by atoms with Crippen molar-refractivity contribution in [3.05, 3.63) is 99.2 Å². The molecule has 10 nitrogen and oxygen atoms in total. The summed E-state index contributed by atoms with van der Waals surface area (Å²) in [5.74, 6) is 0.0330. The van der Waals surface area contributed by atoms with Gasteiger partial charge in [-0.1, -0.05) is 65.0 Å². The van der Waals surface area contributed by atoms with Gasteiger partial charge >= 0.3 is 16.9 Å². The number of thiazole rings is 1. The van der Waals surface area contributed by atoms with Crippen LogP contribution in [0.2, 0.25) is 0 Å². The summed E-state index contributed by atoms with van der Waals surface area (Å²) in [5.41, 5.74) is 3.35. The number of methoxy groups -OCH3 is 1. The molecular weight excluding hydrogens is 570 g/mol. The fourth-order valence-electron chi connectivity index (χ4n) is 4.38. The molecule has 0 fully saturated rings. The van der Waals surface area contributed by atoms with Gasteiger partial charge in [0.25, 0.3) is 0 Å². The van der Waals surface area contributed by atoms with Crippen molar-refractivity contribution in [1.29, 1.82) is 0 Å². The molecule has 1 aromatic heterocycles. The average Bonchev–Trinajstić information content (AvgIpc) is 3.29. The number of fused-ring (bicyclic) bond motifs is 1. The molecule has 0 aliphatic heterocycles. The van der Waals surface area contributed by atoms with E-state index in [1.807, 2.05) is 60.7 Å². The van der Waals surface area contributed by atoms with Crippen LogP contribution in [-0.4, -0.2) is 54.8 Å². The average molecular weight is 606 g/mol. The second-order valence-electron chi connectivity index (χ2n) is 10.6. The van der Waals surface area contributed by atoms with Gasteiger partial charge in [0.15, 0.2) is 0 Å². The van der Waals surface area contributed by atoms with Crippen LogP contribution in [0.5, 0.6) is 5.75 Å². The summed E-state index contributed by atoms with van der Waals surface area (Å²) < 4.78 is 18.5. The van der Waals surface area contributed by atoms with Gasteiger partial charge in [0.05, 0.1) is 23.9 Å². The van der Waals surface area contributed by atoms with Crippen LogP contribution in [0.4, 0.5) is 4.79 Å². The summed E-state index contributed by atoms with van der Waals surface area (Å²) in [4.78, 5) is 42.3. The highest BCUT2D eigenvalue weighted by atomic mass is 32.1. The minimum absolute atomic E-state index is 0.0811. The smallest absolute Gasteiger partial charge is 0.408 e. The van der Waals surface area contributed by atoms with Gasteiger partial charge in [0.2, 0.25) is 0 Å². The van der Waals surface area contributed by atoms with Crippen LogP contribution < -0.4 is 14.9 Å². The predicted octanol–water partition coefficient (Wildman–Crippen LogP) is 5.15. The number of hydrogen-bond acceptors (Lipinski definition) is 9. The summed E-state index contributed by atoms with van der Waals surface area (Å²) in [5, 5.41) is 6.78. The molecule has 3 aromatic carbocycles. The van der Waals surface area contributed by atoms with Gasteiger partial charge in [-0.25, -0.2) is 9.59 Å². The maximum atomic E-state index is 12.8. The largest absolute Gasteiger partial charge is 0.492 e. The van der Waals surface area contributed by atoms with Gasteiger partial charge in [-0.05, 0) is 50.6 Å². The quantitative estimate of drug-likeness (QED) is 0.143. The Hall–Kier alpha value is -4.64. The first-order chi connectivity index (χ1) is 20.6. The maximum absolute atomic E-state index is 12.8. The number of carbonyl (C=O) groups excluding carboxylic acids is 2. The molecule has 0 saturated carbocycles. The Kier molecular flexibility index (Phi) is 10.2. The van der Waals surface area contributed by atoms with E-state index < -0.39 is 23.7 Å². The number of carbonyl (C=O) groups is 2. The molecule has 1 heterocycles. The summed E-state index contributed by atoms with van der Waals surface area (Å²) in [6.45, 7) is 5.87. The van der Waals surface area contributed by atoms with Crippen LogP contribution in [0.25, 0.3) is 10.2 Å². The van der Waals surface area contributed by atoms with Crippen molar-refractivity contribution in [2.75, 3.05) is 20.8 Å². The molecule has 1 amide bonds. The molecular formula is C32H35N3O7S. The molecule has 1 atom stereocenters. The highest BCUT2D eigenvalue weighted by molar-refractivity contribution is 7.16. The Labute approximate surface area is 253 Å². The van der Waals surface area contributed by atoms with Gasteiger partial charge in [-0.2, -0.15) is 0 Å². The number of rotatable bonds is 11. The number of alkyl carbamates (subject to hydrolysis) is 1. The molecule has 0 spiro atoms. The van der Waals surface area contributed by atoms with Crippen LogP contribution in [0.15, 0.2) is 82.7 Å². The molecule has 0 aliphatic rings. The van der Waals surface area contributed by atoms with E-state index >= 15 is 0 Å². The number of ether oxygens (including phenoxy) is 3. The minimum atomic E-state index is -0.907. The van der Waals surface area contributed by atoms with E-state index in [9.17, 15) is 14.4 Å². The van der Waals surface area contributed by atoms with Crippen molar-refractivity contribution in [3.8, 4) is 5.75 Å². The number of esters is 1. The van der Waals surface area contributed by atoms with Crippen molar-refractivity contribution in [2.24, 2.45) is 5.16 Å². The lowest BCUT2D eigenvalue weighted by molar-refractivity contribution is -0.143. The lowest BCUT2D eigenvalue weighted by Gasteiger charge is -2.22. The molecule has 43 heavy (non-hydrogen) atoms. The van der Waals surface area contributed by atoms with E-state index in [4.69, 9.17) is 19.0 Å². The number of oxime groups is 1. The standard InChI is InChI=1S/C32H35N3O7S/c1-32(2,3)42-30(37)33-25(29(36)39-4)19-21-11-14-24(15-12-21)41-18-17-35-26-16-13-23(20-27(26)43-31(35)38)28(34-40-5)22-9-7-6-8-10-22/h6-16,20,25H,17-19H2,1-5H3,(H,33,37). The Morgan fingerprint density at radius 1 is 0.977 bits per heavy atom. The third-order valence-electron chi connectivity index (χ3n) is 6.29. The number of amides is 1. The number of hydrogen-bond donors (Lipinski definition) is 1. The van der Waals surface area contributed by atoms with Crippen LogP contribution in [0.3, 0.4) is 0 Å². The first-order valence-corrected chi connectivity index (χ1v) is 14.5. The number of aromatic nitrogens is 1. The van der Waals surface area contributed by atoms with Crippen LogP contribution >= 0.6 is 11.3 Å². The first kappa shape index (κ1) is 31.3. The van der Waals surface area contributed by atoms with E-state index in [0.29, 0.717) is 18.0 Å². The maximum Gasteiger partial charge on any atom is 0.408 e.